The number of nitro benzene ring substituents is 1. The SMILES string of the molecule is C=C(C)c1cccc(C(C)(C)NC(=O)Nc2cc([N+](=O)[O-])ccc2OC)c1. The summed E-state index contributed by atoms with van der Waals surface area (Å²) in [5, 5.41) is 16.5. The molecule has 0 bridgehead atoms. The Morgan fingerprint density at radius 1 is 1.22 bits per heavy atom. The van der Waals surface area contributed by atoms with Crippen LogP contribution in [0.1, 0.15) is 31.9 Å². The number of carbonyl (C=O) groups excluding carboxylic acids is 1. The Morgan fingerprint density at radius 3 is 2.52 bits per heavy atom. The smallest absolute Gasteiger partial charge is 0.320 e. The summed E-state index contributed by atoms with van der Waals surface area (Å²) >= 11 is 0. The van der Waals surface area contributed by atoms with Crippen molar-refractivity contribution in [1.29, 1.82) is 0 Å². The summed E-state index contributed by atoms with van der Waals surface area (Å²) in [6.07, 6.45) is 0. The first-order chi connectivity index (χ1) is 12.6. The molecule has 7 heteroatoms. The molecule has 0 aliphatic heterocycles. The van der Waals surface area contributed by atoms with Crippen LogP contribution in [0.3, 0.4) is 0 Å². The van der Waals surface area contributed by atoms with Gasteiger partial charge in [0.1, 0.15) is 5.75 Å². The highest BCUT2D eigenvalue weighted by molar-refractivity contribution is 5.92. The van der Waals surface area contributed by atoms with Crippen molar-refractivity contribution in [2.24, 2.45) is 0 Å². The fourth-order valence-electron chi connectivity index (χ4n) is 2.59. The van der Waals surface area contributed by atoms with E-state index in [2.05, 4.69) is 17.2 Å². The molecule has 0 saturated heterocycles. The highest BCUT2D eigenvalue weighted by Gasteiger charge is 2.24. The van der Waals surface area contributed by atoms with Gasteiger partial charge in [-0.1, -0.05) is 30.4 Å². The fourth-order valence-corrected chi connectivity index (χ4v) is 2.59. The number of anilines is 1. The lowest BCUT2D eigenvalue weighted by Gasteiger charge is -2.27. The van der Waals surface area contributed by atoms with Crippen molar-refractivity contribution in [2.75, 3.05) is 12.4 Å². The van der Waals surface area contributed by atoms with E-state index in [1.54, 1.807) is 0 Å². The first-order valence-corrected chi connectivity index (χ1v) is 8.32. The molecule has 2 N–H and O–H groups in total. The second kappa shape index (κ2) is 7.90. The molecule has 142 valence electrons. The van der Waals surface area contributed by atoms with Crippen LogP contribution >= 0.6 is 0 Å². The summed E-state index contributed by atoms with van der Waals surface area (Å²) in [6.45, 7) is 9.60. The van der Waals surface area contributed by atoms with E-state index < -0.39 is 16.5 Å². The van der Waals surface area contributed by atoms with Crippen LogP contribution in [0.2, 0.25) is 0 Å². The number of nitrogens with zero attached hydrogens (tertiary/aromatic N) is 1. The summed E-state index contributed by atoms with van der Waals surface area (Å²) in [5.74, 6) is 0.331. The lowest BCUT2D eigenvalue weighted by molar-refractivity contribution is -0.384. The number of methoxy groups -OCH3 is 1. The van der Waals surface area contributed by atoms with Crippen molar-refractivity contribution in [3.05, 3.63) is 70.3 Å². The second-order valence-electron chi connectivity index (χ2n) is 6.71. The van der Waals surface area contributed by atoms with Crippen molar-refractivity contribution in [3.63, 3.8) is 0 Å². The Balaban J connectivity index is 2.22. The number of non-ortho nitro benzene ring substituents is 1. The van der Waals surface area contributed by atoms with Crippen LogP contribution in [-0.4, -0.2) is 18.1 Å². The van der Waals surface area contributed by atoms with E-state index in [1.807, 2.05) is 45.0 Å². The Kier molecular flexibility index (Phi) is 5.85. The van der Waals surface area contributed by atoms with Crippen molar-refractivity contribution in [2.45, 2.75) is 26.3 Å². The van der Waals surface area contributed by atoms with Gasteiger partial charge in [-0.25, -0.2) is 4.79 Å². The van der Waals surface area contributed by atoms with Crippen molar-refractivity contribution >= 4 is 23.0 Å². The molecule has 27 heavy (non-hydrogen) atoms. The first-order valence-electron chi connectivity index (χ1n) is 8.32. The predicted octanol–water partition coefficient (Wildman–Crippen LogP) is 4.69. The van der Waals surface area contributed by atoms with Crippen LogP contribution in [-0.2, 0) is 5.54 Å². The number of amides is 2. The third-order valence-corrected chi connectivity index (χ3v) is 4.15. The number of hydrogen-bond acceptors (Lipinski definition) is 4. The molecule has 0 spiro atoms. The number of hydrogen-bond donors (Lipinski definition) is 2. The molecular formula is C20H23N3O4. The minimum Gasteiger partial charge on any atom is -0.495 e. The highest BCUT2D eigenvalue weighted by atomic mass is 16.6. The third-order valence-electron chi connectivity index (χ3n) is 4.15. The van der Waals surface area contributed by atoms with Gasteiger partial charge in [-0.15, -0.1) is 0 Å². The van der Waals surface area contributed by atoms with Crippen molar-refractivity contribution in [3.8, 4) is 5.75 Å². The minimum atomic E-state index is -0.677. The summed E-state index contributed by atoms with van der Waals surface area (Å²) in [7, 11) is 1.43. The quantitative estimate of drug-likeness (QED) is 0.570. The molecular weight excluding hydrogens is 346 g/mol. The molecule has 0 aliphatic carbocycles. The molecule has 0 fully saturated rings. The molecule has 2 aromatic carbocycles. The Morgan fingerprint density at radius 2 is 1.93 bits per heavy atom. The van der Waals surface area contributed by atoms with Crippen LogP contribution < -0.4 is 15.4 Å². The Labute approximate surface area is 158 Å². The third kappa shape index (κ3) is 4.84. The number of carbonyl (C=O) groups is 1. The average molecular weight is 369 g/mol. The van der Waals surface area contributed by atoms with Gasteiger partial charge >= 0.3 is 6.03 Å². The van der Waals surface area contributed by atoms with Crippen LogP contribution in [0.25, 0.3) is 5.57 Å². The van der Waals surface area contributed by atoms with E-state index in [0.717, 1.165) is 16.7 Å². The van der Waals surface area contributed by atoms with Gasteiger partial charge in [-0.3, -0.25) is 10.1 Å². The van der Waals surface area contributed by atoms with Gasteiger partial charge in [0.15, 0.2) is 0 Å². The molecule has 0 saturated carbocycles. The maximum Gasteiger partial charge on any atom is 0.320 e. The molecule has 2 rings (SSSR count). The highest BCUT2D eigenvalue weighted by Crippen LogP contribution is 2.29. The normalized spacial score (nSPS) is 10.8. The zero-order chi connectivity index (χ0) is 20.2. The number of ether oxygens (including phenoxy) is 1. The van der Waals surface area contributed by atoms with Gasteiger partial charge < -0.3 is 15.4 Å². The molecule has 2 aromatic rings. The van der Waals surface area contributed by atoms with Gasteiger partial charge in [0.2, 0.25) is 0 Å². The van der Waals surface area contributed by atoms with E-state index in [1.165, 1.54) is 25.3 Å². The zero-order valence-electron chi connectivity index (χ0n) is 15.8. The van der Waals surface area contributed by atoms with Crippen LogP contribution in [0.4, 0.5) is 16.2 Å². The monoisotopic (exact) mass is 369 g/mol. The molecule has 2 amide bonds. The number of nitrogens with one attached hydrogen (secondary N) is 2. The predicted molar refractivity (Wildman–Crippen MR) is 106 cm³/mol. The Bertz CT molecular complexity index is 891. The second-order valence-corrected chi connectivity index (χ2v) is 6.71. The Hall–Kier alpha value is -3.35. The summed E-state index contributed by atoms with van der Waals surface area (Å²) < 4.78 is 5.16. The number of allylic oxidation sites excluding steroid dienone is 1. The molecule has 0 radical (unpaired) electrons. The summed E-state index contributed by atoms with van der Waals surface area (Å²) in [6, 6.07) is 11.3. The van der Waals surface area contributed by atoms with Gasteiger partial charge in [0, 0.05) is 12.1 Å². The van der Waals surface area contributed by atoms with Gasteiger partial charge in [-0.05, 0) is 44.0 Å². The topological polar surface area (TPSA) is 93.5 Å². The molecule has 7 nitrogen and oxygen atoms in total. The number of nitro groups is 1. The van der Waals surface area contributed by atoms with E-state index in [0.29, 0.717) is 5.75 Å². The van der Waals surface area contributed by atoms with Crippen LogP contribution in [0.5, 0.6) is 5.75 Å². The standard InChI is InChI=1S/C20H23N3O4/c1-13(2)14-7-6-8-15(11-14)20(3,4)22-19(24)21-17-12-16(23(25)26)9-10-18(17)27-5/h6-12H,1H2,2-5H3,(H2,21,22,24). The van der Waals surface area contributed by atoms with E-state index in [4.69, 9.17) is 4.74 Å². The zero-order valence-corrected chi connectivity index (χ0v) is 15.8. The molecule has 0 unspecified atom stereocenters. The van der Waals surface area contributed by atoms with E-state index >= 15 is 0 Å². The maximum atomic E-state index is 12.5. The van der Waals surface area contributed by atoms with Crippen LogP contribution in [0.15, 0.2) is 49.0 Å². The lowest BCUT2D eigenvalue weighted by atomic mass is 9.92. The van der Waals surface area contributed by atoms with Gasteiger partial charge in [-0.2, -0.15) is 0 Å². The fraction of sp³-hybridized carbons (Fsp3) is 0.250. The van der Waals surface area contributed by atoms with Crippen LogP contribution in [0, 0.1) is 10.1 Å². The number of benzene rings is 2. The summed E-state index contributed by atoms with van der Waals surface area (Å²) in [5.41, 5.74) is 2.23. The van der Waals surface area contributed by atoms with Gasteiger partial charge in [0.25, 0.3) is 5.69 Å². The molecule has 0 heterocycles. The molecule has 0 aromatic heterocycles. The van der Waals surface area contributed by atoms with E-state index in [-0.39, 0.29) is 11.4 Å². The number of urea groups is 1. The lowest BCUT2D eigenvalue weighted by Crippen LogP contribution is -2.43. The first kappa shape index (κ1) is 20.0. The average Bonchev–Trinajstić information content (AvgIpc) is 2.61. The largest absolute Gasteiger partial charge is 0.495 e. The number of rotatable bonds is 6. The van der Waals surface area contributed by atoms with Crippen molar-refractivity contribution < 1.29 is 14.5 Å². The van der Waals surface area contributed by atoms with Gasteiger partial charge in [0.05, 0.1) is 23.3 Å². The van der Waals surface area contributed by atoms with E-state index in [9.17, 15) is 14.9 Å². The summed E-state index contributed by atoms with van der Waals surface area (Å²) in [4.78, 5) is 22.9. The van der Waals surface area contributed by atoms with Crippen molar-refractivity contribution in [1.82, 2.24) is 5.32 Å². The molecule has 0 atom stereocenters. The molecule has 0 aliphatic rings. The minimum absolute atomic E-state index is 0.139. The maximum absolute atomic E-state index is 12.5.